The number of benzene rings is 3. The summed E-state index contributed by atoms with van der Waals surface area (Å²) in [6, 6.07) is 24.2. The van der Waals surface area contributed by atoms with Crippen LogP contribution in [0.5, 0.6) is 0 Å². The zero-order valence-electron chi connectivity index (χ0n) is 16.0. The number of carbonyl (C=O) groups excluding carboxylic acids is 1. The molecule has 0 spiro atoms. The molecule has 0 radical (unpaired) electrons. The molecule has 6 nitrogen and oxygen atoms in total. The lowest BCUT2D eigenvalue weighted by molar-refractivity contribution is -0.135. The van der Waals surface area contributed by atoms with Crippen LogP contribution in [0.25, 0.3) is 11.1 Å². The Balaban J connectivity index is 1.58. The van der Waals surface area contributed by atoms with E-state index in [-0.39, 0.29) is 12.5 Å². The molecule has 1 aliphatic rings. The van der Waals surface area contributed by atoms with Gasteiger partial charge in [0.1, 0.15) is 13.2 Å². The van der Waals surface area contributed by atoms with Gasteiger partial charge in [-0.1, -0.05) is 54.6 Å². The zero-order chi connectivity index (χ0) is 21.1. The first-order valence-corrected chi connectivity index (χ1v) is 9.43. The Morgan fingerprint density at radius 3 is 2.20 bits per heavy atom. The molecule has 6 heteroatoms. The highest BCUT2D eigenvalue weighted by atomic mass is 16.6. The van der Waals surface area contributed by atoms with Gasteiger partial charge in [-0.05, 0) is 40.5 Å². The second-order valence-corrected chi connectivity index (χ2v) is 6.95. The van der Waals surface area contributed by atoms with Crippen LogP contribution in [0, 0.1) is 11.3 Å². The minimum Gasteiger partial charge on any atom is -0.480 e. The number of carbonyl (C=O) groups is 2. The topological polar surface area (TPSA) is 90.6 Å². The largest absolute Gasteiger partial charge is 0.480 e. The monoisotopic (exact) mass is 398 g/mol. The third-order valence-electron chi connectivity index (χ3n) is 5.14. The van der Waals surface area contributed by atoms with Crippen LogP contribution >= 0.6 is 0 Å². The number of aliphatic carboxylic acids is 1. The fraction of sp³-hybridized carbons (Fsp3) is 0.125. The maximum absolute atomic E-state index is 12.8. The van der Waals surface area contributed by atoms with Crippen molar-refractivity contribution >= 4 is 17.7 Å². The van der Waals surface area contributed by atoms with E-state index >= 15 is 0 Å². The molecule has 4 rings (SSSR count). The van der Waals surface area contributed by atoms with Crippen molar-refractivity contribution < 1.29 is 19.4 Å². The molecule has 0 aliphatic heterocycles. The first kappa shape index (κ1) is 19.2. The Morgan fingerprint density at radius 1 is 0.967 bits per heavy atom. The number of nitrogens with zero attached hydrogens (tertiary/aromatic N) is 2. The smallest absolute Gasteiger partial charge is 0.414 e. The highest BCUT2D eigenvalue weighted by molar-refractivity contribution is 5.93. The highest BCUT2D eigenvalue weighted by Crippen LogP contribution is 2.44. The van der Waals surface area contributed by atoms with E-state index in [9.17, 15) is 14.7 Å². The number of ether oxygens (including phenoxy) is 1. The number of hydrogen-bond donors (Lipinski definition) is 1. The highest BCUT2D eigenvalue weighted by Gasteiger charge is 2.30. The zero-order valence-corrected chi connectivity index (χ0v) is 16.0. The Bertz CT molecular complexity index is 1120. The predicted octanol–water partition coefficient (Wildman–Crippen LogP) is 4.40. The molecule has 0 bridgehead atoms. The molecule has 3 aromatic rings. The van der Waals surface area contributed by atoms with Gasteiger partial charge in [-0.25, -0.2) is 4.79 Å². The molecule has 0 atom stereocenters. The fourth-order valence-corrected chi connectivity index (χ4v) is 3.81. The molecule has 1 N–H and O–H groups in total. The van der Waals surface area contributed by atoms with Gasteiger partial charge in [0.2, 0.25) is 0 Å². The van der Waals surface area contributed by atoms with Gasteiger partial charge >= 0.3 is 12.1 Å². The van der Waals surface area contributed by atoms with Crippen molar-refractivity contribution in [2.75, 3.05) is 18.1 Å². The number of hydrogen-bond acceptors (Lipinski definition) is 4. The number of rotatable bonds is 5. The van der Waals surface area contributed by atoms with Crippen LogP contribution < -0.4 is 4.90 Å². The summed E-state index contributed by atoms with van der Waals surface area (Å²) in [6.07, 6.45) is -0.769. The van der Waals surface area contributed by atoms with E-state index < -0.39 is 18.6 Å². The third-order valence-corrected chi connectivity index (χ3v) is 5.14. The maximum Gasteiger partial charge on any atom is 0.414 e. The molecule has 30 heavy (non-hydrogen) atoms. The Hall–Kier alpha value is -4.11. The van der Waals surface area contributed by atoms with Gasteiger partial charge in [0.15, 0.2) is 0 Å². The average molecular weight is 398 g/mol. The molecule has 0 fully saturated rings. The molecular formula is C24H18N2O4. The van der Waals surface area contributed by atoms with E-state index in [0.717, 1.165) is 27.2 Å². The quantitative estimate of drug-likeness (QED) is 0.688. The molecule has 148 valence electrons. The van der Waals surface area contributed by atoms with Crippen LogP contribution in [0.1, 0.15) is 22.6 Å². The van der Waals surface area contributed by atoms with Gasteiger partial charge in [-0.15, -0.1) is 0 Å². The lowest BCUT2D eigenvalue weighted by Crippen LogP contribution is -2.36. The number of nitriles is 1. The SMILES string of the molecule is N#Cc1cccc(N(CC(=O)O)C(=O)OCC2c3ccccc3-c3ccccc32)c1. The second-order valence-electron chi connectivity index (χ2n) is 6.95. The minimum absolute atomic E-state index is 0.0842. The molecule has 0 aromatic heterocycles. The van der Waals surface area contributed by atoms with Crippen LogP contribution in [0.2, 0.25) is 0 Å². The summed E-state index contributed by atoms with van der Waals surface area (Å²) in [5.41, 5.74) is 4.99. The van der Waals surface area contributed by atoms with Gasteiger partial charge in [0, 0.05) is 11.6 Å². The van der Waals surface area contributed by atoms with E-state index in [0.29, 0.717) is 11.3 Å². The van der Waals surface area contributed by atoms with Gasteiger partial charge in [-0.2, -0.15) is 5.26 Å². The number of amides is 1. The van der Waals surface area contributed by atoms with E-state index in [1.54, 1.807) is 18.2 Å². The molecule has 1 amide bonds. The summed E-state index contributed by atoms with van der Waals surface area (Å²) in [7, 11) is 0. The van der Waals surface area contributed by atoms with Crippen molar-refractivity contribution in [1.82, 2.24) is 0 Å². The van der Waals surface area contributed by atoms with E-state index in [1.807, 2.05) is 54.6 Å². The standard InChI is InChI=1S/C24H18N2O4/c25-13-16-6-5-7-17(12-16)26(14-23(27)28)24(29)30-15-22-20-10-3-1-8-18(20)19-9-2-4-11-21(19)22/h1-12,22H,14-15H2,(H,27,28). The molecular weight excluding hydrogens is 380 g/mol. The maximum atomic E-state index is 12.8. The van der Waals surface area contributed by atoms with Crippen molar-refractivity contribution in [2.24, 2.45) is 0 Å². The first-order chi connectivity index (χ1) is 14.6. The van der Waals surface area contributed by atoms with Gasteiger partial charge in [-0.3, -0.25) is 9.69 Å². The lowest BCUT2D eigenvalue weighted by Gasteiger charge is -2.22. The summed E-state index contributed by atoms with van der Waals surface area (Å²) in [5, 5.41) is 18.3. The normalized spacial score (nSPS) is 11.8. The van der Waals surface area contributed by atoms with E-state index in [4.69, 9.17) is 10.00 Å². The summed E-state index contributed by atoms with van der Waals surface area (Å²) in [6.45, 7) is -0.480. The van der Waals surface area contributed by atoms with Crippen LogP contribution in [0.4, 0.5) is 10.5 Å². The number of carboxylic acids is 1. The average Bonchev–Trinajstić information content (AvgIpc) is 3.09. The number of anilines is 1. The number of carboxylic acid groups (broad SMARTS) is 1. The van der Waals surface area contributed by atoms with Crippen molar-refractivity contribution in [3.05, 3.63) is 89.5 Å². The van der Waals surface area contributed by atoms with E-state index in [1.165, 1.54) is 6.07 Å². The predicted molar refractivity (Wildman–Crippen MR) is 111 cm³/mol. The lowest BCUT2D eigenvalue weighted by atomic mass is 9.98. The number of fused-ring (bicyclic) bond motifs is 3. The summed E-state index contributed by atoms with van der Waals surface area (Å²) >= 11 is 0. The Morgan fingerprint density at radius 2 is 1.60 bits per heavy atom. The van der Waals surface area contributed by atoms with Crippen molar-refractivity contribution in [3.8, 4) is 17.2 Å². The fourth-order valence-electron chi connectivity index (χ4n) is 3.81. The molecule has 0 unspecified atom stereocenters. The van der Waals surface area contributed by atoms with Crippen LogP contribution in [0.15, 0.2) is 72.8 Å². The molecule has 0 heterocycles. The van der Waals surface area contributed by atoms with Crippen molar-refractivity contribution in [2.45, 2.75) is 5.92 Å². The van der Waals surface area contributed by atoms with Gasteiger partial charge in [0.05, 0.1) is 11.6 Å². The van der Waals surface area contributed by atoms with Crippen molar-refractivity contribution in [1.29, 1.82) is 5.26 Å². The van der Waals surface area contributed by atoms with E-state index in [2.05, 4.69) is 0 Å². The summed E-state index contributed by atoms with van der Waals surface area (Å²) < 4.78 is 5.57. The van der Waals surface area contributed by atoms with Gasteiger partial charge < -0.3 is 9.84 Å². The Labute approximate surface area is 173 Å². The Kier molecular flexibility index (Phi) is 5.19. The van der Waals surface area contributed by atoms with Crippen LogP contribution in [-0.4, -0.2) is 30.3 Å². The van der Waals surface area contributed by atoms with Crippen LogP contribution in [0.3, 0.4) is 0 Å². The molecule has 1 aliphatic carbocycles. The van der Waals surface area contributed by atoms with Crippen molar-refractivity contribution in [3.63, 3.8) is 0 Å². The minimum atomic E-state index is -1.18. The third kappa shape index (κ3) is 3.61. The summed E-state index contributed by atoms with van der Waals surface area (Å²) in [4.78, 5) is 25.2. The van der Waals surface area contributed by atoms with Gasteiger partial charge in [0.25, 0.3) is 0 Å². The van der Waals surface area contributed by atoms with Crippen LogP contribution in [-0.2, 0) is 9.53 Å². The molecule has 0 saturated heterocycles. The first-order valence-electron chi connectivity index (χ1n) is 9.43. The summed E-state index contributed by atoms with van der Waals surface area (Å²) in [5.74, 6) is -1.30. The molecule has 0 saturated carbocycles. The molecule has 3 aromatic carbocycles. The second kappa shape index (κ2) is 8.10.